The van der Waals surface area contributed by atoms with Crippen molar-refractivity contribution in [2.75, 3.05) is 50.5 Å². The van der Waals surface area contributed by atoms with Gasteiger partial charge in [0.25, 0.3) is 0 Å². The Morgan fingerprint density at radius 3 is 2.72 bits per heavy atom. The zero-order valence-corrected chi connectivity index (χ0v) is 11.2. The van der Waals surface area contributed by atoms with Crippen LogP contribution in [0.15, 0.2) is 18.5 Å². The van der Waals surface area contributed by atoms with Crippen molar-refractivity contribution in [3.8, 4) is 0 Å². The summed E-state index contributed by atoms with van der Waals surface area (Å²) in [5, 5.41) is 0. The maximum Gasteiger partial charge on any atom is 0.0738 e. The summed E-state index contributed by atoms with van der Waals surface area (Å²) in [5.41, 5.74) is 7.82. The van der Waals surface area contributed by atoms with E-state index in [1.54, 1.807) is 19.5 Å². The van der Waals surface area contributed by atoms with E-state index in [0.717, 1.165) is 44.2 Å². The molecule has 0 aromatic carbocycles. The van der Waals surface area contributed by atoms with E-state index >= 15 is 0 Å². The number of rotatable bonds is 4. The highest BCUT2D eigenvalue weighted by atomic mass is 16.5. The van der Waals surface area contributed by atoms with Gasteiger partial charge in [-0.05, 0) is 13.0 Å². The number of hydrogen-bond acceptors (Lipinski definition) is 5. The molecule has 1 aromatic rings. The fraction of sp³-hybridized carbons (Fsp3) is 0.615. The number of nitrogen functional groups attached to an aromatic ring is 1. The first-order chi connectivity index (χ1) is 8.72. The van der Waals surface area contributed by atoms with Crippen LogP contribution in [0, 0.1) is 0 Å². The van der Waals surface area contributed by atoms with Gasteiger partial charge in [0, 0.05) is 45.5 Å². The third kappa shape index (κ3) is 2.91. The second-order valence-corrected chi connectivity index (χ2v) is 4.76. The monoisotopic (exact) mass is 250 g/mol. The molecule has 1 aliphatic rings. The SMILES string of the molecule is COCC(C)N1CCN(c2ccncc2N)CC1. The number of piperazine rings is 1. The summed E-state index contributed by atoms with van der Waals surface area (Å²) in [6.45, 7) is 7.10. The summed E-state index contributed by atoms with van der Waals surface area (Å²) in [5.74, 6) is 0. The van der Waals surface area contributed by atoms with Gasteiger partial charge in [-0.1, -0.05) is 0 Å². The summed E-state index contributed by atoms with van der Waals surface area (Å²) in [6, 6.07) is 2.47. The van der Waals surface area contributed by atoms with Gasteiger partial charge in [-0.3, -0.25) is 9.88 Å². The fourth-order valence-electron chi connectivity index (χ4n) is 2.44. The van der Waals surface area contributed by atoms with Crippen LogP contribution in [0.25, 0.3) is 0 Å². The minimum Gasteiger partial charge on any atom is -0.396 e. The van der Waals surface area contributed by atoms with Gasteiger partial charge in [-0.25, -0.2) is 0 Å². The lowest BCUT2D eigenvalue weighted by molar-refractivity contribution is 0.0953. The Balaban J connectivity index is 1.93. The molecular formula is C13H22N4O. The highest BCUT2D eigenvalue weighted by Gasteiger charge is 2.21. The van der Waals surface area contributed by atoms with Crippen LogP contribution in [0.4, 0.5) is 11.4 Å². The molecule has 1 atom stereocenters. The van der Waals surface area contributed by atoms with E-state index < -0.39 is 0 Å². The molecule has 5 heteroatoms. The summed E-state index contributed by atoms with van der Waals surface area (Å²) < 4.78 is 5.20. The molecule has 0 saturated carbocycles. The van der Waals surface area contributed by atoms with Crippen molar-refractivity contribution in [3.63, 3.8) is 0 Å². The van der Waals surface area contributed by atoms with Crippen molar-refractivity contribution in [2.45, 2.75) is 13.0 Å². The Bertz CT molecular complexity index is 377. The van der Waals surface area contributed by atoms with Crippen LogP contribution < -0.4 is 10.6 Å². The lowest BCUT2D eigenvalue weighted by Gasteiger charge is -2.39. The third-order valence-electron chi connectivity index (χ3n) is 3.51. The van der Waals surface area contributed by atoms with Crippen molar-refractivity contribution in [1.82, 2.24) is 9.88 Å². The van der Waals surface area contributed by atoms with Crippen LogP contribution in [0.5, 0.6) is 0 Å². The number of pyridine rings is 1. The van der Waals surface area contributed by atoms with E-state index in [1.165, 1.54) is 0 Å². The predicted octanol–water partition coefficient (Wildman–Crippen LogP) is 0.821. The zero-order chi connectivity index (χ0) is 13.0. The molecule has 0 radical (unpaired) electrons. The van der Waals surface area contributed by atoms with E-state index in [4.69, 9.17) is 10.5 Å². The average Bonchev–Trinajstić information content (AvgIpc) is 2.40. The van der Waals surface area contributed by atoms with Crippen molar-refractivity contribution >= 4 is 11.4 Å². The molecule has 1 unspecified atom stereocenters. The Labute approximate surface area is 109 Å². The normalized spacial score (nSPS) is 18.9. The number of nitrogens with two attached hydrogens (primary N) is 1. The van der Waals surface area contributed by atoms with Crippen molar-refractivity contribution in [1.29, 1.82) is 0 Å². The topological polar surface area (TPSA) is 54.6 Å². The Morgan fingerprint density at radius 2 is 2.11 bits per heavy atom. The highest BCUT2D eigenvalue weighted by Crippen LogP contribution is 2.22. The molecule has 0 spiro atoms. The van der Waals surface area contributed by atoms with Gasteiger partial charge in [-0.15, -0.1) is 0 Å². The molecule has 0 amide bonds. The predicted molar refractivity (Wildman–Crippen MR) is 73.8 cm³/mol. The second kappa shape index (κ2) is 6.02. The molecule has 1 aromatic heterocycles. The minimum absolute atomic E-state index is 0.479. The molecule has 2 N–H and O–H groups in total. The molecule has 2 heterocycles. The first-order valence-electron chi connectivity index (χ1n) is 6.39. The highest BCUT2D eigenvalue weighted by molar-refractivity contribution is 5.66. The Kier molecular flexibility index (Phi) is 4.38. The second-order valence-electron chi connectivity index (χ2n) is 4.76. The van der Waals surface area contributed by atoms with Crippen molar-refractivity contribution < 1.29 is 4.74 Å². The van der Waals surface area contributed by atoms with E-state index in [9.17, 15) is 0 Å². The molecule has 2 rings (SSSR count). The van der Waals surface area contributed by atoms with Crippen LogP contribution in [-0.2, 0) is 4.74 Å². The minimum atomic E-state index is 0.479. The van der Waals surface area contributed by atoms with Crippen LogP contribution in [0.2, 0.25) is 0 Å². The molecule has 1 saturated heterocycles. The lowest BCUT2D eigenvalue weighted by atomic mass is 10.2. The number of nitrogens with zero attached hydrogens (tertiary/aromatic N) is 3. The Hall–Kier alpha value is -1.33. The summed E-state index contributed by atoms with van der Waals surface area (Å²) >= 11 is 0. The number of anilines is 2. The number of hydrogen-bond donors (Lipinski definition) is 1. The van der Waals surface area contributed by atoms with Gasteiger partial charge >= 0.3 is 0 Å². The lowest BCUT2D eigenvalue weighted by Crippen LogP contribution is -2.50. The van der Waals surface area contributed by atoms with E-state index in [1.807, 2.05) is 6.07 Å². The summed E-state index contributed by atoms with van der Waals surface area (Å²) in [4.78, 5) is 8.81. The quantitative estimate of drug-likeness (QED) is 0.857. The summed E-state index contributed by atoms with van der Waals surface area (Å²) in [7, 11) is 1.75. The van der Waals surface area contributed by atoms with E-state index in [0.29, 0.717) is 6.04 Å². The van der Waals surface area contributed by atoms with Gasteiger partial charge in [0.05, 0.1) is 24.2 Å². The van der Waals surface area contributed by atoms with E-state index in [-0.39, 0.29) is 0 Å². The molecule has 18 heavy (non-hydrogen) atoms. The van der Waals surface area contributed by atoms with Gasteiger partial charge in [0.15, 0.2) is 0 Å². The fourth-order valence-corrected chi connectivity index (χ4v) is 2.44. The smallest absolute Gasteiger partial charge is 0.0738 e. The van der Waals surface area contributed by atoms with Crippen LogP contribution >= 0.6 is 0 Å². The van der Waals surface area contributed by atoms with Gasteiger partial charge in [0.2, 0.25) is 0 Å². The molecule has 1 fully saturated rings. The third-order valence-corrected chi connectivity index (χ3v) is 3.51. The summed E-state index contributed by atoms with van der Waals surface area (Å²) in [6.07, 6.45) is 3.51. The molecule has 1 aliphatic heterocycles. The standard InChI is InChI=1S/C13H22N4O/c1-11(10-18-2)16-5-7-17(8-6-16)13-3-4-15-9-12(13)14/h3-4,9,11H,5-8,10,14H2,1-2H3. The largest absolute Gasteiger partial charge is 0.396 e. The van der Waals surface area contributed by atoms with Gasteiger partial charge in [-0.2, -0.15) is 0 Å². The van der Waals surface area contributed by atoms with Gasteiger partial charge < -0.3 is 15.4 Å². The van der Waals surface area contributed by atoms with Crippen LogP contribution in [0.1, 0.15) is 6.92 Å². The maximum absolute atomic E-state index is 5.96. The molecule has 0 aliphatic carbocycles. The number of methoxy groups -OCH3 is 1. The van der Waals surface area contributed by atoms with E-state index in [2.05, 4.69) is 21.7 Å². The maximum atomic E-state index is 5.96. The van der Waals surface area contributed by atoms with Gasteiger partial charge in [0.1, 0.15) is 0 Å². The first-order valence-corrected chi connectivity index (χ1v) is 6.39. The van der Waals surface area contributed by atoms with Crippen molar-refractivity contribution in [2.24, 2.45) is 0 Å². The number of ether oxygens (including phenoxy) is 1. The Morgan fingerprint density at radius 1 is 1.39 bits per heavy atom. The van der Waals surface area contributed by atoms with Crippen molar-refractivity contribution in [3.05, 3.63) is 18.5 Å². The van der Waals surface area contributed by atoms with Crippen LogP contribution in [0.3, 0.4) is 0 Å². The number of aromatic nitrogens is 1. The zero-order valence-electron chi connectivity index (χ0n) is 11.2. The first kappa shape index (κ1) is 13.1. The van der Waals surface area contributed by atoms with Crippen LogP contribution in [-0.4, -0.2) is 55.8 Å². The molecular weight excluding hydrogens is 228 g/mol. The molecule has 100 valence electrons. The molecule has 5 nitrogen and oxygen atoms in total. The molecule has 0 bridgehead atoms. The average molecular weight is 250 g/mol.